The number of rotatable bonds is 5. The second kappa shape index (κ2) is 8.27. The molecule has 1 aromatic carbocycles. The van der Waals surface area contributed by atoms with Gasteiger partial charge in [0.25, 0.3) is 0 Å². The summed E-state index contributed by atoms with van der Waals surface area (Å²) in [5, 5.41) is 6.41. The number of nitrogens with one attached hydrogen (secondary N) is 2. The topological polar surface area (TPSA) is 87.2 Å². The molecule has 1 saturated heterocycles. The average molecular weight is 373 g/mol. The van der Waals surface area contributed by atoms with E-state index in [-0.39, 0.29) is 17.7 Å². The van der Waals surface area contributed by atoms with Crippen LogP contribution in [0.15, 0.2) is 24.3 Å². The number of hydrogen-bond acceptors (Lipinski definition) is 6. The summed E-state index contributed by atoms with van der Waals surface area (Å²) in [6, 6.07) is 8.19. The molecule has 2 amide bonds. The molecule has 0 aliphatic carbocycles. The number of aromatic nitrogens is 2. The molecule has 8 heteroatoms. The van der Waals surface area contributed by atoms with Crippen LogP contribution in [0.5, 0.6) is 0 Å². The molecule has 0 unspecified atom stereocenters. The molecule has 2 N–H and O–H groups in total. The lowest BCUT2D eigenvalue weighted by Gasteiger charge is -2.30. The Morgan fingerprint density at radius 3 is 2.58 bits per heavy atom. The Morgan fingerprint density at radius 1 is 1.23 bits per heavy atom. The Kier molecular flexibility index (Phi) is 5.82. The number of nitrogens with zero attached hydrogens (tertiary/aromatic N) is 3. The van der Waals surface area contributed by atoms with Crippen molar-refractivity contribution in [3.8, 4) is 0 Å². The molecule has 2 aromatic rings. The summed E-state index contributed by atoms with van der Waals surface area (Å²) in [7, 11) is 0. The molecule has 0 bridgehead atoms. The number of aryl methyl sites for hydroxylation is 1. The van der Waals surface area contributed by atoms with Crippen LogP contribution in [0.1, 0.15) is 30.9 Å². The highest BCUT2D eigenvalue weighted by atomic mass is 32.1. The number of piperidine rings is 1. The van der Waals surface area contributed by atoms with Gasteiger partial charge in [-0.15, -0.1) is 0 Å². The van der Waals surface area contributed by atoms with Gasteiger partial charge in [0.1, 0.15) is 0 Å². The van der Waals surface area contributed by atoms with Crippen LogP contribution in [0.3, 0.4) is 0 Å². The van der Waals surface area contributed by atoms with E-state index in [4.69, 9.17) is 0 Å². The minimum atomic E-state index is -0.182. The SMILES string of the molecule is CC(=O)Nc1nsc(N2CCC(C(=O)NCc3ccc(C)cc3)CC2)n1. The summed E-state index contributed by atoms with van der Waals surface area (Å²) in [6.07, 6.45) is 1.57. The Bertz CT molecular complexity index is 766. The van der Waals surface area contributed by atoms with Crippen LogP contribution in [-0.4, -0.2) is 34.3 Å². The Hall–Kier alpha value is -2.48. The van der Waals surface area contributed by atoms with E-state index in [1.807, 2.05) is 19.1 Å². The number of amides is 2. The first-order valence-corrected chi connectivity index (χ1v) is 9.48. The molecule has 7 nitrogen and oxygen atoms in total. The Labute approximate surface area is 157 Å². The second-order valence-electron chi connectivity index (χ2n) is 6.55. The smallest absolute Gasteiger partial charge is 0.243 e. The van der Waals surface area contributed by atoms with Crippen molar-refractivity contribution in [1.82, 2.24) is 14.7 Å². The lowest BCUT2D eigenvalue weighted by molar-refractivity contribution is -0.125. The van der Waals surface area contributed by atoms with Gasteiger partial charge < -0.3 is 10.2 Å². The van der Waals surface area contributed by atoms with E-state index >= 15 is 0 Å². The van der Waals surface area contributed by atoms with Crippen molar-refractivity contribution in [2.45, 2.75) is 33.2 Å². The van der Waals surface area contributed by atoms with Gasteiger partial charge >= 0.3 is 0 Å². The zero-order chi connectivity index (χ0) is 18.5. The van der Waals surface area contributed by atoms with Crippen molar-refractivity contribution < 1.29 is 9.59 Å². The fourth-order valence-corrected chi connectivity index (χ4v) is 3.60. The Morgan fingerprint density at radius 2 is 1.92 bits per heavy atom. The lowest BCUT2D eigenvalue weighted by atomic mass is 9.96. The summed E-state index contributed by atoms with van der Waals surface area (Å²) in [5.41, 5.74) is 2.33. The van der Waals surface area contributed by atoms with Crippen LogP contribution < -0.4 is 15.5 Å². The highest BCUT2D eigenvalue weighted by Crippen LogP contribution is 2.26. The first-order chi connectivity index (χ1) is 12.5. The summed E-state index contributed by atoms with van der Waals surface area (Å²) >= 11 is 1.27. The first kappa shape index (κ1) is 18.3. The largest absolute Gasteiger partial charge is 0.352 e. The molecule has 0 spiro atoms. The van der Waals surface area contributed by atoms with Crippen LogP contribution in [-0.2, 0) is 16.1 Å². The fraction of sp³-hybridized carbons (Fsp3) is 0.444. The molecule has 2 heterocycles. The molecule has 0 saturated carbocycles. The zero-order valence-corrected chi connectivity index (χ0v) is 15.8. The molecule has 1 aliphatic heterocycles. The van der Waals surface area contributed by atoms with Gasteiger partial charge in [0.05, 0.1) is 0 Å². The Balaban J connectivity index is 1.46. The number of hydrogen-bond donors (Lipinski definition) is 2. The fourth-order valence-electron chi connectivity index (χ4n) is 2.92. The molecular weight excluding hydrogens is 350 g/mol. The van der Waals surface area contributed by atoms with E-state index < -0.39 is 0 Å². The van der Waals surface area contributed by atoms with Gasteiger partial charge in [-0.2, -0.15) is 9.36 Å². The van der Waals surface area contributed by atoms with Gasteiger partial charge in [0.15, 0.2) is 0 Å². The molecule has 26 heavy (non-hydrogen) atoms. The normalized spacial score (nSPS) is 14.9. The standard InChI is InChI=1S/C18H23N5O2S/c1-12-3-5-14(6-4-12)11-19-16(25)15-7-9-23(10-8-15)18-21-17(22-26-18)20-13(2)24/h3-6,15H,7-11H2,1-2H3,(H,19,25)(H,20,22,24). The van der Waals surface area contributed by atoms with Crippen molar-refractivity contribution in [3.05, 3.63) is 35.4 Å². The maximum Gasteiger partial charge on any atom is 0.243 e. The van der Waals surface area contributed by atoms with E-state index in [0.29, 0.717) is 12.5 Å². The molecule has 1 aliphatic rings. The molecular formula is C18H23N5O2S. The van der Waals surface area contributed by atoms with Crippen molar-refractivity contribution in [3.63, 3.8) is 0 Å². The average Bonchev–Trinajstić information content (AvgIpc) is 3.09. The van der Waals surface area contributed by atoms with Crippen LogP contribution in [0.2, 0.25) is 0 Å². The van der Waals surface area contributed by atoms with E-state index in [1.165, 1.54) is 24.0 Å². The highest BCUT2D eigenvalue weighted by Gasteiger charge is 2.26. The van der Waals surface area contributed by atoms with E-state index in [2.05, 4.69) is 37.0 Å². The van der Waals surface area contributed by atoms with Gasteiger partial charge in [-0.1, -0.05) is 29.8 Å². The number of carbonyl (C=O) groups excluding carboxylic acids is 2. The van der Waals surface area contributed by atoms with Crippen molar-refractivity contribution in [2.24, 2.45) is 5.92 Å². The first-order valence-electron chi connectivity index (χ1n) is 8.71. The summed E-state index contributed by atoms with van der Waals surface area (Å²) in [5.74, 6) is 0.301. The van der Waals surface area contributed by atoms with Crippen molar-refractivity contribution in [1.29, 1.82) is 0 Å². The third kappa shape index (κ3) is 4.78. The lowest BCUT2D eigenvalue weighted by Crippen LogP contribution is -2.40. The van der Waals surface area contributed by atoms with Gasteiger partial charge in [-0.25, -0.2) is 0 Å². The van der Waals surface area contributed by atoms with Crippen LogP contribution in [0, 0.1) is 12.8 Å². The van der Waals surface area contributed by atoms with E-state index in [1.54, 1.807) is 0 Å². The van der Waals surface area contributed by atoms with Crippen LogP contribution in [0.4, 0.5) is 11.1 Å². The van der Waals surface area contributed by atoms with Gasteiger partial charge in [-0.05, 0) is 25.3 Å². The van der Waals surface area contributed by atoms with Gasteiger partial charge in [-0.3, -0.25) is 14.9 Å². The number of carbonyl (C=O) groups is 2. The molecule has 1 fully saturated rings. The van der Waals surface area contributed by atoms with E-state index in [9.17, 15) is 9.59 Å². The minimum absolute atomic E-state index is 0.0273. The predicted molar refractivity (Wildman–Crippen MR) is 102 cm³/mol. The minimum Gasteiger partial charge on any atom is -0.352 e. The third-order valence-electron chi connectivity index (χ3n) is 4.43. The monoisotopic (exact) mass is 373 g/mol. The maximum atomic E-state index is 12.4. The summed E-state index contributed by atoms with van der Waals surface area (Å²) < 4.78 is 4.13. The molecule has 0 atom stereocenters. The quantitative estimate of drug-likeness (QED) is 0.840. The molecule has 138 valence electrons. The van der Waals surface area contributed by atoms with Crippen molar-refractivity contribution >= 4 is 34.4 Å². The van der Waals surface area contributed by atoms with Crippen LogP contribution in [0.25, 0.3) is 0 Å². The van der Waals surface area contributed by atoms with Crippen LogP contribution >= 0.6 is 11.5 Å². The number of anilines is 2. The van der Waals surface area contributed by atoms with Gasteiger partial charge in [0.2, 0.25) is 22.9 Å². The second-order valence-corrected chi connectivity index (χ2v) is 7.28. The van der Waals surface area contributed by atoms with Gasteiger partial charge in [0, 0.05) is 44.0 Å². The zero-order valence-electron chi connectivity index (χ0n) is 15.0. The van der Waals surface area contributed by atoms with E-state index in [0.717, 1.165) is 36.6 Å². The maximum absolute atomic E-state index is 12.4. The number of benzene rings is 1. The molecule has 3 rings (SSSR count). The highest BCUT2D eigenvalue weighted by molar-refractivity contribution is 7.09. The molecule has 1 aromatic heterocycles. The van der Waals surface area contributed by atoms with Crippen molar-refractivity contribution in [2.75, 3.05) is 23.3 Å². The molecule has 0 radical (unpaired) electrons. The summed E-state index contributed by atoms with van der Waals surface area (Å²) in [4.78, 5) is 29.9. The predicted octanol–water partition coefficient (Wildman–Crippen LogP) is 2.34. The third-order valence-corrected chi connectivity index (χ3v) is 5.20. The summed E-state index contributed by atoms with van der Waals surface area (Å²) in [6.45, 7) is 5.57.